The van der Waals surface area contributed by atoms with E-state index in [1.165, 1.54) is 5.56 Å². The molecule has 0 aliphatic rings. The molecule has 0 spiro atoms. The van der Waals surface area contributed by atoms with E-state index in [-0.39, 0.29) is 12.4 Å². The van der Waals surface area contributed by atoms with Crippen molar-refractivity contribution in [2.24, 2.45) is 5.92 Å². The van der Waals surface area contributed by atoms with Crippen LogP contribution in [0.25, 0.3) is 0 Å². The van der Waals surface area contributed by atoms with Gasteiger partial charge in [0, 0.05) is 17.5 Å². The summed E-state index contributed by atoms with van der Waals surface area (Å²) in [5, 5.41) is 0. The molecule has 0 aliphatic carbocycles. The van der Waals surface area contributed by atoms with Crippen LogP contribution in [0.15, 0.2) is 24.5 Å². The lowest BCUT2D eigenvalue weighted by atomic mass is 10.2. The van der Waals surface area contributed by atoms with E-state index in [0.717, 1.165) is 18.9 Å². The lowest BCUT2D eigenvalue weighted by Crippen LogP contribution is -3.00. The quantitative estimate of drug-likeness (QED) is 0.562. The second-order valence-electron chi connectivity index (χ2n) is 3.66. The molecule has 0 fully saturated rings. The molecule has 1 nitrogen and oxygen atoms in total. The van der Waals surface area contributed by atoms with Crippen molar-refractivity contribution in [3.63, 3.8) is 0 Å². The number of hydrogen-bond donors (Lipinski definition) is 0. The third-order valence-corrected chi connectivity index (χ3v) is 1.90. The van der Waals surface area contributed by atoms with Gasteiger partial charge in [-0.15, -0.1) is 0 Å². The van der Waals surface area contributed by atoms with Gasteiger partial charge in [-0.05, 0) is 12.5 Å². The van der Waals surface area contributed by atoms with Crippen LogP contribution in [0.5, 0.6) is 0 Å². The van der Waals surface area contributed by atoms with Gasteiger partial charge in [-0.2, -0.15) is 0 Å². The third kappa shape index (κ3) is 4.28. The molecular weight excluding hydrogens is 182 g/mol. The van der Waals surface area contributed by atoms with Crippen LogP contribution in [0, 0.1) is 5.92 Å². The van der Waals surface area contributed by atoms with Crippen molar-refractivity contribution < 1.29 is 17.0 Å². The minimum absolute atomic E-state index is 0. The first-order chi connectivity index (χ1) is 5.72. The summed E-state index contributed by atoms with van der Waals surface area (Å²) in [4.78, 5) is 0. The van der Waals surface area contributed by atoms with Gasteiger partial charge < -0.3 is 12.4 Å². The van der Waals surface area contributed by atoms with Crippen molar-refractivity contribution in [3.05, 3.63) is 30.1 Å². The Morgan fingerprint density at radius 1 is 1.38 bits per heavy atom. The van der Waals surface area contributed by atoms with Crippen molar-refractivity contribution >= 4 is 0 Å². The fourth-order valence-electron chi connectivity index (χ4n) is 1.32. The second-order valence-corrected chi connectivity index (χ2v) is 3.66. The minimum Gasteiger partial charge on any atom is -1.00 e. The Morgan fingerprint density at radius 3 is 2.62 bits per heavy atom. The Kier molecular flexibility index (Phi) is 5.72. The van der Waals surface area contributed by atoms with Crippen molar-refractivity contribution in [1.82, 2.24) is 0 Å². The van der Waals surface area contributed by atoms with Gasteiger partial charge >= 0.3 is 0 Å². The van der Waals surface area contributed by atoms with Gasteiger partial charge in [-0.3, -0.25) is 0 Å². The second kappa shape index (κ2) is 5.98. The van der Waals surface area contributed by atoms with Crippen LogP contribution >= 0.6 is 0 Å². The first-order valence-corrected chi connectivity index (χ1v) is 4.70. The summed E-state index contributed by atoms with van der Waals surface area (Å²) in [6.45, 7) is 7.79. The molecule has 0 aliphatic heterocycles. The van der Waals surface area contributed by atoms with E-state index in [2.05, 4.69) is 49.9 Å². The number of pyridine rings is 1. The molecule has 13 heavy (non-hydrogen) atoms. The highest BCUT2D eigenvalue weighted by Gasteiger charge is 2.03. The number of hydrogen-bond acceptors (Lipinski definition) is 0. The number of halogens is 1. The van der Waals surface area contributed by atoms with Crippen LogP contribution < -0.4 is 17.0 Å². The summed E-state index contributed by atoms with van der Waals surface area (Å²) in [6.07, 6.45) is 5.50. The fourth-order valence-corrected chi connectivity index (χ4v) is 1.32. The van der Waals surface area contributed by atoms with Crippen LogP contribution in [-0.2, 0) is 13.0 Å². The van der Waals surface area contributed by atoms with Crippen molar-refractivity contribution in [1.29, 1.82) is 0 Å². The number of nitrogens with zero attached hydrogens (tertiary/aromatic N) is 1. The summed E-state index contributed by atoms with van der Waals surface area (Å²) in [7, 11) is 0. The standard InChI is InChI=1S/C11H18N.ClH/c1-4-11-6-5-7-12(9-11)8-10(2)3;/h5-7,9-10H,4,8H2,1-3H3;1H/q+1;/p-1. The number of aromatic nitrogens is 1. The maximum Gasteiger partial charge on any atom is 0.171 e. The Labute approximate surface area is 87.2 Å². The third-order valence-electron chi connectivity index (χ3n) is 1.90. The summed E-state index contributed by atoms with van der Waals surface area (Å²) in [6, 6.07) is 4.30. The Bertz CT molecular complexity index is 246. The molecule has 0 atom stereocenters. The van der Waals surface area contributed by atoms with E-state index in [1.54, 1.807) is 0 Å². The zero-order valence-corrected chi connectivity index (χ0v) is 9.38. The van der Waals surface area contributed by atoms with E-state index >= 15 is 0 Å². The van der Waals surface area contributed by atoms with E-state index in [9.17, 15) is 0 Å². The fraction of sp³-hybridized carbons (Fsp3) is 0.545. The molecule has 1 aromatic rings. The van der Waals surface area contributed by atoms with Crippen LogP contribution in [0.3, 0.4) is 0 Å². The lowest BCUT2D eigenvalue weighted by Gasteiger charge is -2.00. The Hall–Kier alpha value is -0.560. The Morgan fingerprint density at radius 2 is 2.08 bits per heavy atom. The molecule has 74 valence electrons. The molecule has 0 saturated heterocycles. The van der Waals surface area contributed by atoms with Crippen LogP contribution in [-0.4, -0.2) is 0 Å². The Balaban J connectivity index is 0.00000144. The van der Waals surface area contributed by atoms with Crippen LogP contribution in [0.4, 0.5) is 0 Å². The van der Waals surface area contributed by atoms with E-state index in [0.29, 0.717) is 0 Å². The first-order valence-electron chi connectivity index (χ1n) is 4.70. The average molecular weight is 200 g/mol. The number of rotatable bonds is 3. The molecule has 0 amide bonds. The summed E-state index contributed by atoms with van der Waals surface area (Å²) in [5.41, 5.74) is 1.41. The van der Waals surface area contributed by atoms with Crippen molar-refractivity contribution in [2.75, 3.05) is 0 Å². The summed E-state index contributed by atoms with van der Waals surface area (Å²) >= 11 is 0. The molecule has 0 radical (unpaired) electrons. The zero-order valence-electron chi connectivity index (χ0n) is 8.63. The van der Waals surface area contributed by atoms with Gasteiger partial charge in [-0.25, -0.2) is 4.57 Å². The van der Waals surface area contributed by atoms with E-state index < -0.39 is 0 Å². The van der Waals surface area contributed by atoms with Gasteiger partial charge in [0.15, 0.2) is 18.9 Å². The van der Waals surface area contributed by atoms with Crippen molar-refractivity contribution in [3.8, 4) is 0 Å². The normalized spacial score (nSPS) is 9.85. The molecule has 0 aromatic carbocycles. The highest BCUT2D eigenvalue weighted by molar-refractivity contribution is 5.04. The largest absolute Gasteiger partial charge is 1.00 e. The first kappa shape index (κ1) is 12.4. The molecule has 0 unspecified atom stereocenters. The SMILES string of the molecule is CCc1ccc[n+](CC(C)C)c1.[Cl-]. The van der Waals surface area contributed by atoms with Gasteiger partial charge in [-0.1, -0.05) is 20.8 Å². The predicted octanol–water partition coefficient (Wildman–Crippen LogP) is -0.803. The average Bonchev–Trinajstić information content (AvgIpc) is 2.03. The monoisotopic (exact) mass is 199 g/mol. The molecule has 1 heterocycles. The zero-order chi connectivity index (χ0) is 8.97. The smallest absolute Gasteiger partial charge is 0.171 e. The maximum absolute atomic E-state index is 2.27. The van der Waals surface area contributed by atoms with Gasteiger partial charge in [0.1, 0.15) is 0 Å². The molecule has 0 bridgehead atoms. The van der Waals surface area contributed by atoms with E-state index in [1.807, 2.05) is 0 Å². The highest BCUT2D eigenvalue weighted by Crippen LogP contribution is 1.96. The molecule has 1 rings (SSSR count). The van der Waals surface area contributed by atoms with Crippen LogP contribution in [0.1, 0.15) is 26.3 Å². The maximum atomic E-state index is 2.27. The summed E-state index contributed by atoms with van der Waals surface area (Å²) < 4.78 is 2.27. The molecule has 2 heteroatoms. The topological polar surface area (TPSA) is 3.88 Å². The van der Waals surface area contributed by atoms with Gasteiger partial charge in [0.25, 0.3) is 0 Å². The molecular formula is C11H18ClN. The van der Waals surface area contributed by atoms with Crippen molar-refractivity contribution in [2.45, 2.75) is 33.7 Å². The summed E-state index contributed by atoms with van der Waals surface area (Å²) in [5.74, 6) is 0.724. The molecule has 1 aromatic heterocycles. The van der Waals surface area contributed by atoms with E-state index in [4.69, 9.17) is 0 Å². The molecule has 0 saturated carbocycles. The van der Waals surface area contributed by atoms with Gasteiger partial charge in [0.2, 0.25) is 0 Å². The van der Waals surface area contributed by atoms with Gasteiger partial charge in [0.05, 0.1) is 0 Å². The number of aryl methyl sites for hydroxylation is 1. The van der Waals surface area contributed by atoms with Crippen LogP contribution in [0.2, 0.25) is 0 Å². The minimum atomic E-state index is 0. The highest BCUT2D eigenvalue weighted by atomic mass is 35.5. The predicted molar refractivity (Wildman–Crippen MR) is 50.9 cm³/mol. The lowest BCUT2D eigenvalue weighted by molar-refractivity contribution is -0.702. The molecule has 0 N–H and O–H groups in total.